The van der Waals surface area contributed by atoms with Crippen LogP contribution in [0.2, 0.25) is 39.3 Å². The fraction of sp³-hybridized carbons (Fsp3) is 0.529. The normalized spacial score (nSPS) is 13.1. The second-order valence-corrected chi connectivity index (χ2v) is 17.6. The first kappa shape index (κ1) is 18.8. The first-order valence-corrected chi connectivity index (χ1v) is 14.9. The van der Waals surface area contributed by atoms with Crippen molar-refractivity contribution in [2.24, 2.45) is 5.10 Å². The van der Waals surface area contributed by atoms with E-state index in [0.717, 1.165) is 17.7 Å². The molecule has 0 fully saturated rings. The second-order valence-electron chi connectivity index (χ2n) is 7.64. The van der Waals surface area contributed by atoms with Crippen molar-refractivity contribution in [3.8, 4) is 0 Å². The predicted molar refractivity (Wildman–Crippen MR) is 102 cm³/mol. The van der Waals surface area contributed by atoms with Gasteiger partial charge in [0.1, 0.15) is 0 Å². The number of hydrogen-bond acceptors (Lipinski definition) is 3. The zero-order valence-corrected chi connectivity index (χ0v) is 17.1. The molecule has 0 N–H and O–H groups in total. The van der Waals surface area contributed by atoms with E-state index >= 15 is 0 Å². The summed E-state index contributed by atoms with van der Waals surface area (Å²) >= 11 is 0. The quantitative estimate of drug-likeness (QED) is 0.304. The van der Waals surface area contributed by atoms with Crippen molar-refractivity contribution < 1.29 is 4.79 Å². The Morgan fingerprint density at radius 1 is 1.00 bits per heavy atom. The summed E-state index contributed by atoms with van der Waals surface area (Å²) in [7, 11) is -3.07. The fourth-order valence-electron chi connectivity index (χ4n) is 2.59. The van der Waals surface area contributed by atoms with Crippen molar-refractivity contribution in [1.29, 1.82) is 0 Å². The molecule has 0 amide bonds. The zero-order chi connectivity index (χ0) is 17.0. The summed E-state index contributed by atoms with van der Waals surface area (Å²) < 4.78 is 2.39. The van der Waals surface area contributed by atoms with Gasteiger partial charge in [-0.15, -0.1) is 0 Å². The average molecular weight is 335 g/mol. The van der Waals surface area contributed by atoms with Crippen LogP contribution < -0.4 is 0 Å². The van der Waals surface area contributed by atoms with Gasteiger partial charge >= 0.3 is 0 Å². The smallest absolute Gasteiger partial charge is 0.168 e. The van der Waals surface area contributed by atoms with E-state index in [9.17, 15) is 4.79 Å². The van der Waals surface area contributed by atoms with Crippen LogP contribution >= 0.6 is 0 Å². The highest BCUT2D eigenvalue weighted by Crippen LogP contribution is 2.21. The summed E-state index contributed by atoms with van der Waals surface area (Å²) in [4.78, 5) is 12.4. The average Bonchev–Trinajstić information content (AvgIpc) is 2.41. The Bertz CT molecular complexity index is 514. The summed E-state index contributed by atoms with van der Waals surface area (Å²) in [6.07, 6.45) is 1.25. The lowest BCUT2D eigenvalue weighted by Gasteiger charge is -2.42. The van der Waals surface area contributed by atoms with E-state index in [2.05, 4.69) is 50.5 Å². The molecule has 0 aliphatic carbocycles. The van der Waals surface area contributed by atoms with Crippen LogP contribution in [0.15, 0.2) is 35.4 Å². The van der Waals surface area contributed by atoms with Crippen LogP contribution in [-0.2, 0) is 0 Å². The number of Topliss-reactive ketones (excluding diaryl/α,β-unsaturated/α-hetero) is 1. The highest BCUT2D eigenvalue weighted by atomic mass is 28.4. The molecule has 0 saturated carbocycles. The number of ketones is 1. The lowest BCUT2D eigenvalue weighted by atomic mass is 10.0. The SMILES string of the molecule is CC/C(CC(=O)c1ccccc1)=N\N([Si](C)(C)C)[Si](C)(C)C. The van der Waals surface area contributed by atoms with Gasteiger partial charge in [0, 0.05) is 11.3 Å². The first-order valence-electron chi connectivity index (χ1n) is 8.00. The van der Waals surface area contributed by atoms with Gasteiger partial charge in [-0.05, 0) is 6.42 Å². The molecule has 22 heavy (non-hydrogen) atoms. The highest BCUT2D eigenvalue weighted by molar-refractivity contribution is 6.89. The van der Waals surface area contributed by atoms with Gasteiger partial charge in [0.15, 0.2) is 22.3 Å². The molecular weight excluding hydrogens is 304 g/mol. The molecule has 0 heterocycles. The Kier molecular flexibility index (Phi) is 6.31. The number of hydrogen-bond donors (Lipinski definition) is 0. The summed E-state index contributed by atoms with van der Waals surface area (Å²) in [6.45, 7) is 16.0. The van der Waals surface area contributed by atoms with E-state index in [1.54, 1.807) is 0 Å². The number of carbonyl (C=O) groups excluding carboxylic acids is 1. The molecule has 0 spiro atoms. The topological polar surface area (TPSA) is 32.7 Å². The van der Waals surface area contributed by atoms with Crippen LogP contribution in [0.25, 0.3) is 0 Å². The van der Waals surface area contributed by atoms with E-state index in [4.69, 9.17) is 5.10 Å². The van der Waals surface area contributed by atoms with Crippen molar-refractivity contribution in [3.05, 3.63) is 35.9 Å². The minimum Gasteiger partial charge on any atom is -0.350 e. The summed E-state index contributed by atoms with van der Waals surface area (Å²) in [5.74, 6) is 0.160. The van der Waals surface area contributed by atoms with E-state index in [1.165, 1.54) is 0 Å². The van der Waals surface area contributed by atoms with Crippen LogP contribution in [0.1, 0.15) is 30.1 Å². The van der Waals surface area contributed by atoms with E-state index in [0.29, 0.717) is 6.42 Å². The van der Waals surface area contributed by atoms with Crippen LogP contribution in [-0.4, -0.2) is 32.3 Å². The molecule has 0 unspecified atom stereocenters. The Morgan fingerprint density at radius 3 is 1.91 bits per heavy atom. The number of rotatable bonds is 7. The van der Waals surface area contributed by atoms with Crippen molar-refractivity contribution in [3.63, 3.8) is 0 Å². The van der Waals surface area contributed by atoms with Crippen molar-refractivity contribution in [1.82, 2.24) is 4.34 Å². The Balaban J connectivity index is 3.01. The van der Waals surface area contributed by atoms with Gasteiger partial charge in [0.2, 0.25) is 0 Å². The monoisotopic (exact) mass is 334 g/mol. The molecule has 0 aromatic heterocycles. The van der Waals surface area contributed by atoms with Gasteiger partial charge in [0.05, 0.1) is 6.42 Å². The number of nitrogens with zero attached hydrogens (tertiary/aromatic N) is 2. The first-order chi connectivity index (χ1) is 10.1. The molecule has 1 rings (SSSR count). The van der Waals surface area contributed by atoms with Crippen LogP contribution in [0.4, 0.5) is 0 Å². The molecular formula is C17H30N2OSi2. The van der Waals surface area contributed by atoms with Gasteiger partial charge in [-0.25, -0.2) is 5.10 Å². The van der Waals surface area contributed by atoms with E-state index in [-0.39, 0.29) is 5.78 Å². The van der Waals surface area contributed by atoms with Crippen LogP contribution in [0.3, 0.4) is 0 Å². The van der Waals surface area contributed by atoms with E-state index in [1.807, 2.05) is 30.3 Å². The van der Waals surface area contributed by atoms with E-state index < -0.39 is 16.5 Å². The molecule has 122 valence electrons. The lowest BCUT2D eigenvalue weighted by Crippen LogP contribution is -2.56. The highest BCUT2D eigenvalue weighted by Gasteiger charge is 2.34. The van der Waals surface area contributed by atoms with Crippen molar-refractivity contribution >= 4 is 28.0 Å². The third-order valence-corrected chi connectivity index (χ3v) is 10.1. The van der Waals surface area contributed by atoms with Crippen molar-refractivity contribution in [2.45, 2.75) is 59.0 Å². The van der Waals surface area contributed by atoms with Crippen molar-refractivity contribution in [2.75, 3.05) is 0 Å². The Morgan fingerprint density at radius 2 is 1.50 bits per heavy atom. The minimum atomic E-state index is -1.54. The van der Waals surface area contributed by atoms with Gasteiger partial charge in [-0.3, -0.25) is 4.79 Å². The molecule has 0 atom stereocenters. The largest absolute Gasteiger partial charge is 0.350 e. The summed E-state index contributed by atoms with van der Waals surface area (Å²) in [5, 5.41) is 4.96. The van der Waals surface area contributed by atoms with Gasteiger partial charge in [0.25, 0.3) is 0 Å². The standard InChI is InChI=1S/C17H30N2OSi2/c1-8-16(14-17(20)15-12-10-9-11-13-15)18-19(21(2,3)4)22(5,6)7/h9-13H,8,14H2,1-7H3/b18-16+. The van der Waals surface area contributed by atoms with Crippen LogP contribution in [0.5, 0.6) is 0 Å². The maximum absolute atomic E-state index is 12.4. The molecule has 0 radical (unpaired) electrons. The zero-order valence-electron chi connectivity index (χ0n) is 15.1. The Labute approximate surface area is 137 Å². The third kappa shape index (κ3) is 5.53. The molecule has 0 aliphatic rings. The minimum absolute atomic E-state index is 0.160. The van der Waals surface area contributed by atoms with Crippen LogP contribution in [0, 0.1) is 0 Å². The third-order valence-electron chi connectivity index (χ3n) is 3.38. The predicted octanol–water partition coefficient (Wildman–Crippen LogP) is 5.00. The molecule has 5 heteroatoms. The maximum Gasteiger partial charge on any atom is 0.168 e. The molecule has 1 aromatic carbocycles. The molecule has 1 aromatic rings. The number of carbonyl (C=O) groups is 1. The number of hydrazone groups is 1. The lowest BCUT2D eigenvalue weighted by molar-refractivity contribution is 0.1000. The number of benzene rings is 1. The molecule has 0 aliphatic heterocycles. The Hall–Kier alpha value is -1.21. The fourth-order valence-corrected chi connectivity index (χ4v) is 11.5. The summed E-state index contributed by atoms with van der Waals surface area (Å²) in [6, 6.07) is 9.51. The van der Waals surface area contributed by atoms with Gasteiger partial charge in [-0.1, -0.05) is 76.5 Å². The summed E-state index contributed by atoms with van der Waals surface area (Å²) in [5.41, 5.74) is 1.77. The molecule has 0 bridgehead atoms. The second kappa shape index (κ2) is 7.37. The maximum atomic E-state index is 12.4. The molecule has 0 saturated heterocycles. The van der Waals surface area contributed by atoms with Gasteiger partial charge < -0.3 is 4.34 Å². The van der Waals surface area contributed by atoms with Gasteiger partial charge in [-0.2, -0.15) is 0 Å². The molecule has 3 nitrogen and oxygen atoms in total.